The van der Waals surface area contributed by atoms with Crippen LogP contribution in [-0.4, -0.2) is 35.0 Å². The van der Waals surface area contributed by atoms with Crippen molar-refractivity contribution in [3.05, 3.63) is 93.2 Å². The van der Waals surface area contributed by atoms with Crippen LogP contribution in [0.5, 0.6) is 0 Å². The van der Waals surface area contributed by atoms with Gasteiger partial charge in [-0.25, -0.2) is 9.18 Å². The molecule has 40 heavy (non-hydrogen) atoms. The fourth-order valence-corrected chi connectivity index (χ4v) is 6.46. The third-order valence-corrected chi connectivity index (χ3v) is 8.13. The molecule has 2 heterocycles. The summed E-state index contributed by atoms with van der Waals surface area (Å²) in [5, 5.41) is 18.8. The zero-order valence-corrected chi connectivity index (χ0v) is 23.5. The molecule has 2 aliphatic rings. The van der Waals surface area contributed by atoms with Crippen LogP contribution >= 0.6 is 23.2 Å². The number of anilines is 2. The molecule has 4 atom stereocenters. The SMILES string of the molecule is CC(C)(C)C[C@@H]1N[C@@H](C(=O)Nc2cccc(C(=O)O)c2)[C@H](c2cccc(Cl)c2F)[C@]12C(=O)Nc1cc(Cl)ccc12. The summed E-state index contributed by atoms with van der Waals surface area (Å²) >= 11 is 12.5. The summed E-state index contributed by atoms with van der Waals surface area (Å²) in [7, 11) is 0. The summed E-state index contributed by atoms with van der Waals surface area (Å²) in [5.74, 6) is -3.79. The van der Waals surface area contributed by atoms with Crippen LogP contribution in [0.1, 0.15) is 54.6 Å². The lowest BCUT2D eigenvalue weighted by molar-refractivity contribution is -0.122. The summed E-state index contributed by atoms with van der Waals surface area (Å²) in [6.07, 6.45) is 0.472. The number of aromatic carboxylic acids is 1. The minimum Gasteiger partial charge on any atom is -0.478 e. The smallest absolute Gasteiger partial charge is 0.335 e. The molecule has 0 aliphatic carbocycles. The van der Waals surface area contributed by atoms with E-state index >= 15 is 4.39 Å². The van der Waals surface area contributed by atoms with Crippen LogP contribution in [0.25, 0.3) is 0 Å². The minimum absolute atomic E-state index is 0.00215. The molecule has 7 nitrogen and oxygen atoms in total. The van der Waals surface area contributed by atoms with Gasteiger partial charge >= 0.3 is 5.97 Å². The van der Waals surface area contributed by atoms with E-state index in [1.807, 2.05) is 20.8 Å². The maximum atomic E-state index is 15.8. The lowest BCUT2D eigenvalue weighted by Gasteiger charge is -2.37. The van der Waals surface area contributed by atoms with Crippen LogP contribution in [0, 0.1) is 11.2 Å². The number of fused-ring (bicyclic) bond motifs is 2. The molecule has 2 aliphatic heterocycles. The molecule has 0 aromatic heterocycles. The number of carboxylic acid groups (broad SMARTS) is 1. The van der Waals surface area contributed by atoms with Gasteiger partial charge in [-0.05, 0) is 59.4 Å². The maximum absolute atomic E-state index is 15.8. The molecule has 5 rings (SSSR count). The van der Waals surface area contributed by atoms with Crippen LogP contribution in [0.2, 0.25) is 10.0 Å². The largest absolute Gasteiger partial charge is 0.478 e. The van der Waals surface area contributed by atoms with Crippen molar-refractivity contribution in [2.75, 3.05) is 10.6 Å². The Labute approximate surface area is 241 Å². The lowest BCUT2D eigenvalue weighted by atomic mass is 9.62. The van der Waals surface area contributed by atoms with Crippen molar-refractivity contribution in [2.45, 2.75) is 50.6 Å². The molecule has 0 saturated carbocycles. The number of hydrogen-bond donors (Lipinski definition) is 4. The highest BCUT2D eigenvalue weighted by molar-refractivity contribution is 6.31. The third-order valence-electron chi connectivity index (χ3n) is 7.60. The molecule has 2 amide bonds. The number of carboxylic acids is 1. The van der Waals surface area contributed by atoms with Gasteiger partial charge < -0.3 is 21.1 Å². The topological polar surface area (TPSA) is 108 Å². The average Bonchev–Trinajstić information content (AvgIpc) is 3.34. The van der Waals surface area contributed by atoms with Gasteiger partial charge in [0.1, 0.15) is 11.2 Å². The molecule has 1 saturated heterocycles. The van der Waals surface area contributed by atoms with Crippen molar-refractivity contribution >= 4 is 52.4 Å². The van der Waals surface area contributed by atoms with Crippen molar-refractivity contribution in [1.82, 2.24) is 5.32 Å². The van der Waals surface area contributed by atoms with Crippen molar-refractivity contribution in [3.8, 4) is 0 Å². The fourth-order valence-electron chi connectivity index (χ4n) is 6.10. The van der Waals surface area contributed by atoms with Gasteiger partial charge in [-0.3, -0.25) is 9.59 Å². The zero-order chi connectivity index (χ0) is 29.0. The number of benzene rings is 3. The van der Waals surface area contributed by atoms with Gasteiger partial charge in [0.05, 0.1) is 16.6 Å². The van der Waals surface area contributed by atoms with Gasteiger partial charge in [-0.2, -0.15) is 0 Å². The first-order chi connectivity index (χ1) is 18.8. The Balaban J connectivity index is 1.71. The van der Waals surface area contributed by atoms with E-state index in [1.54, 1.807) is 36.4 Å². The standard InChI is InChI=1S/C30H28Cl2FN3O4/c1-29(2,3)14-22-30(19-11-10-16(31)13-21(19)35-28(30)40)23(18-8-5-9-20(32)24(18)33)25(36-22)26(37)34-17-7-4-6-15(12-17)27(38)39/h4-13,22-23,25,36H,14H2,1-3H3,(H,34,37)(H,35,40)(H,38,39)/t22-,23-,25+,30+/m0/s1. The molecule has 4 N–H and O–H groups in total. The number of rotatable bonds is 5. The Hall–Kier alpha value is -3.46. The second-order valence-electron chi connectivity index (χ2n) is 11.5. The molecular weight excluding hydrogens is 556 g/mol. The first-order valence-corrected chi connectivity index (χ1v) is 13.5. The molecule has 0 bridgehead atoms. The van der Waals surface area contributed by atoms with Gasteiger partial charge in [0.15, 0.2) is 0 Å². The van der Waals surface area contributed by atoms with Crippen LogP contribution in [0.4, 0.5) is 15.8 Å². The molecule has 10 heteroatoms. The molecule has 0 unspecified atom stereocenters. The number of hydrogen-bond acceptors (Lipinski definition) is 4. The van der Waals surface area contributed by atoms with Gasteiger partial charge in [0, 0.05) is 28.4 Å². The first kappa shape index (κ1) is 28.1. The summed E-state index contributed by atoms with van der Waals surface area (Å²) in [6.45, 7) is 6.08. The zero-order valence-electron chi connectivity index (χ0n) is 22.0. The monoisotopic (exact) mass is 583 g/mol. The average molecular weight is 584 g/mol. The van der Waals surface area contributed by atoms with Crippen molar-refractivity contribution < 1.29 is 23.9 Å². The highest BCUT2D eigenvalue weighted by atomic mass is 35.5. The molecular formula is C30H28Cl2FN3O4. The Morgan fingerprint density at radius 1 is 1.07 bits per heavy atom. The second-order valence-corrected chi connectivity index (χ2v) is 12.3. The van der Waals surface area contributed by atoms with Gasteiger partial charge in [-0.1, -0.05) is 68.2 Å². The minimum atomic E-state index is -1.39. The van der Waals surface area contributed by atoms with Gasteiger partial charge in [-0.15, -0.1) is 0 Å². The number of amides is 2. The number of halogens is 3. The predicted molar refractivity (Wildman–Crippen MR) is 153 cm³/mol. The highest BCUT2D eigenvalue weighted by Gasteiger charge is 2.66. The molecule has 1 spiro atoms. The van der Waals surface area contributed by atoms with E-state index in [9.17, 15) is 19.5 Å². The Morgan fingerprint density at radius 3 is 2.50 bits per heavy atom. The normalized spacial score (nSPS) is 23.6. The van der Waals surface area contributed by atoms with E-state index < -0.39 is 41.1 Å². The van der Waals surface area contributed by atoms with E-state index in [-0.39, 0.29) is 33.2 Å². The van der Waals surface area contributed by atoms with E-state index in [0.717, 1.165) is 0 Å². The van der Waals surface area contributed by atoms with E-state index in [1.165, 1.54) is 24.3 Å². The van der Waals surface area contributed by atoms with Crippen molar-refractivity contribution in [1.29, 1.82) is 0 Å². The molecule has 3 aromatic carbocycles. The summed E-state index contributed by atoms with van der Waals surface area (Å²) in [6, 6.07) is 13.8. The van der Waals surface area contributed by atoms with Crippen LogP contribution in [-0.2, 0) is 15.0 Å². The number of carbonyl (C=O) groups excluding carboxylic acids is 2. The Kier molecular flexibility index (Phi) is 7.15. The lowest BCUT2D eigenvalue weighted by Crippen LogP contribution is -2.49. The summed E-state index contributed by atoms with van der Waals surface area (Å²) in [5.41, 5.74) is -0.181. The van der Waals surface area contributed by atoms with Crippen LogP contribution in [0.3, 0.4) is 0 Å². The third kappa shape index (κ3) is 4.74. The number of carbonyl (C=O) groups is 3. The first-order valence-electron chi connectivity index (χ1n) is 12.8. The summed E-state index contributed by atoms with van der Waals surface area (Å²) < 4.78 is 15.8. The summed E-state index contributed by atoms with van der Waals surface area (Å²) in [4.78, 5) is 39.6. The quantitative estimate of drug-likeness (QED) is 0.285. The molecule has 0 radical (unpaired) electrons. The Bertz CT molecular complexity index is 1540. The van der Waals surface area contributed by atoms with Crippen molar-refractivity contribution in [3.63, 3.8) is 0 Å². The molecule has 208 valence electrons. The van der Waals surface area contributed by atoms with E-state index in [2.05, 4.69) is 16.0 Å². The fraction of sp³-hybridized carbons (Fsp3) is 0.300. The maximum Gasteiger partial charge on any atom is 0.335 e. The van der Waals surface area contributed by atoms with Gasteiger partial charge in [0.2, 0.25) is 11.8 Å². The van der Waals surface area contributed by atoms with E-state index in [0.29, 0.717) is 22.7 Å². The predicted octanol–water partition coefficient (Wildman–Crippen LogP) is 6.22. The molecule has 1 fully saturated rings. The van der Waals surface area contributed by atoms with Crippen molar-refractivity contribution in [2.24, 2.45) is 5.41 Å². The highest BCUT2D eigenvalue weighted by Crippen LogP contribution is 2.57. The van der Waals surface area contributed by atoms with Gasteiger partial charge in [0.25, 0.3) is 0 Å². The number of nitrogens with one attached hydrogen (secondary N) is 3. The van der Waals surface area contributed by atoms with E-state index in [4.69, 9.17) is 23.2 Å². The van der Waals surface area contributed by atoms with Crippen LogP contribution in [0.15, 0.2) is 60.7 Å². The second kappa shape index (κ2) is 10.2. The molecule has 3 aromatic rings. The van der Waals surface area contributed by atoms with Crippen LogP contribution < -0.4 is 16.0 Å². The Morgan fingerprint density at radius 2 is 1.80 bits per heavy atom.